The van der Waals surface area contributed by atoms with Crippen LogP contribution in [0.4, 0.5) is 0 Å². The van der Waals surface area contributed by atoms with E-state index in [2.05, 4.69) is 60.5 Å². The second kappa shape index (κ2) is 8.50. The molecule has 2 aromatic carbocycles. The van der Waals surface area contributed by atoms with Gasteiger partial charge in [-0.1, -0.05) is 49.9 Å². The first-order chi connectivity index (χ1) is 11.2. The quantitative estimate of drug-likeness (QED) is 0.614. The van der Waals surface area contributed by atoms with Crippen molar-refractivity contribution in [3.8, 4) is 5.88 Å². The molecule has 0 unspecified atom stereocenters. The van der Waals surface area contributed by atoms with Crippen LogP contribution in [0.15, 0.2) is 54.6 Å². The van der Waals surface area contributed by atoms with Gasteiger partial charge in [-0.25, -0.2) is 0 Å². The van der Waals surface area contributed by atoms with Crippen molar-refractivity contribution in [2.24, 2.45) is 0 Å². The lowest BCUT2D eigenvalue weighted by atomic mass is 10.2. The maximum absolute atomic E-state index is 5.93. The van der Waals surface area contributed by atoms with Gasteiger partial charge in [0.2, 0.25) is 5.88 Å². The average molecular weight is 325 g/mol. The lowest BCUT2D eigenvalue weighted by Crippen LogP contribution is -2.15. The minimum absolute atomic E-state index is 0. The summed E-state index contributed by atoms with van der Waals surface area (Å²) in [6.07, 6.45) is 0.993. The zero-order valence-corrected chi connectivity index (χ0v) is 13.8. The first kappa shape index (κ1) is 18.0. The summed E-state index contributed by atoms with van der Waals surface area (Å²) >= 11 is 0. The molecule has 3 aromatic rings. The Balaban J connectivity index is 0.00000208. The lowest BCUT2D eigenvalue weighted by molar-refractivity contribution is 0.273. The molecular formula is C20H27N3O. The van der Waals surface area contributed by atoms with Crippen LogP contribution in [0, 0.1) is 0 Å². The van der Waals surface area contributed by atoms with Gasteiger partial charge in [0, 0.05) is 6.54 Å². The Morgan fingerprint density at radius 3 is 2.46 bits per heavy atom. The summed E-state index contributed by atoms with van der Waals surface area (Å²) < 4.78 is 7.95. The maximum Gasteiger partial charge on any atom is 0.240 e. The predicted molar refractivity (Wildman–Crippen MR) is 101 cm³/mol. The van der Waals surface area contributed by atoms with Crippen molar-refractivity contribution in [1.29, 1.82) is 0 Å². The summed E-state index contributed by atoms with van der Waals surface area (Å²) in [7, 11) is 4.15. The van der Waals surface area contributed by atoms with Gasteiger partial charge in [-0.15, -0.1) is 5.10 Å². The standard InChI is InChI=1S/C19H23N3O.CH4/c1-21(2)13-8-14-23-19-17-11-6-7-12-18(17)22(20-19)15-16-9-4-3-5-10-16;/h3-7,9-12H,8,13-15H2,1-2H3;1H4. The van der Waals surface area contributed by atoms with Crippen molar-refractivity contribution in [1.82, 2.24) is 14.7 Å². The molecule has 128 valence electrons. The van der Waals surface area contributed by atoms with Gasteiger partial charge in [0.15, 0.2) is 0 Å². The van der Waals surface area contributed by atoms with E-state index in [1.165, 1.54) is 5.56 Å². The van der Waals surface area contributed by atoms with Crippen LogP contribution < -0.4 is 4.74 Å². The van der Waals surface area contributed by atoms with Crippen LogP contribution in [0.5, 0.6) is 5.88 Å². The Labute approximate surface area is 144 Å². The third kappa shape index (κ3) is 4.36. The van der Waals surface area contributed by atoms with E-state index in [9.17, 15) is 0 Å². The molecule has 0 fully saturated rings. The SMILES string of the molecule is C.CN(C)CCCOc1nn(Cc2ccccc2)c2ccccc12. The molecule has 4 nitrogen and oxygen atoms in total. The van der Waals surface area contributed by atoms with Gasteiger partial charge in [-0.3, -0.25) is 4.68 Å². The van der Waals surface area contributed by atoms with Crippen LogP contribution in [-0.4, -0.2) is 41.9 Å². The Kier molecular flexibility index (Phi) is 6.38. The topological polar surface area (TPSA) is 30.3 Å². The molecule has 0 amide bonds. The fraction of sp³-hybridized carbons (Fsp3) is 0.350. The van der Waals surface area contributed by atoms with Crippen LogP contribution in [-0.2, 0) is 6.54 Å². The number of para-hydroxylation sites is 1. The minimum atomic E-state index is 0. The third-order valence-electron chi connectivity index (χ3n) is 3.79. The molecule has 3 rings (SSSR count). The van der Waals surface area contributed by atoms with Crippen LogP contribution in [0.1, 0.15) is 19.4 Å². The lowest BCUT2D eigenvalue weighted by Gasteiger charge is -2.09. The average Bonchev–Trinajstić information content (AvgIpc) is 2.91. The van der Waals surface area contributed by atoms with Crippen molar-refractivity contribution in [2.45, 2.75) is 20.4 Å². The molecular weight excluding hydrogens is 298 g/mol. The smallest absolute Gasteiger partial charge is 0.240 e. The Morgan fingerprint density at radius 1 is 1.00 bits per heavy atom. The van der Waals surface area contributed by atoms with Crippen molar-refractivity contribution in [3.63, 3.8) is 0 Å². The summed E-state index contributed by atoms with van der Waals surface area (Å²) in [5, 5.41) is 5.76. The number of ether oxygens (including phenoxy) is 1. The molecule has 0 N–H and O–H groups in total. The second-order valence-electron chi connectivity index (χ2n) is 5.97. The molecule has 0 saturated heterocycles. The van der Waals surface area contributed by atoms with Crippen molar-refractivity contribution in [2.75, 3.05) is 27.2 Å². The molecule has 0 bridgehead atoms. The van der Waals surface area contributed by atoms with Gasteiger partial charge in [0.1, 0.15) is 0 Å². The molecule has 0 atom stereocenters. The van der Waals surface area contributed by atoms with Crippen molar-refractivity contribution in [3.05, 3.63) is 60.2 Å². The Hall–Kier alpha value is -2.33. The van der Waals surface area contributed by atoms with E-state index in [0.717, 1.165) is 36.3 Å². The third-order valence-corrected chi connectivity index (χ3v) is 3.79. The van der Waals surface area contributed by atoms with E-state index in [4.69, 9.17) is 4.74 Å². The molecule has 0 aliphatic carbocycles. The highest BCUT2D eigenvalue weighted by Crippen LogP contribution is 2.25. The van der Waals surface area contributed by atoms with Crippen LogP contribution >= 0.6 is 0 Å². The highest BCUT2D eigenvalue weighted by Gasteiger charge is 2.11. The van der Waals surface area contributed by atoms with E-state index in [0.29, 0.717) is 6.61 Å². The fourth-order valence-corrected chi connectivity index (χ4v) is 2.63. The fourth-order valence-electron chi connectivity index (χ4n) is 2.63. The number of rotatable bonds is 7. The largest absolute Gasteiger partial charge is 0.476 e. The van der Waals surface area contributed by atoms with Gasteiger partial charge >= 0.3 is 0 Å². The summed E-state index contributed by atoms with van der Waals surface area (Å²) in [5.74, 6) is 0.732. The summed E-state index contributed by atoms with van der Waals surface area (Å²) in [6.45, 7) is 2.45. The van der Waals surface area contributed by atoms with Crippen LogP contribution in [0.3, 0.4) is 0 Å². The second-order valence-corrected chi connectivity index (χ2v) is 5.97. The maximum atomic E-state index is 5.93. The Bertz CT molecular complexity index is 750. The number of nitrogens with zero attached hydrogens (tertiary/aromatic N) is 3. The van der Waals surface area contributed by atoms with Crippen LogP contribution in [0.2, 0.25) is 0 Å². The van der Waals surface area contributed by atoms with E-state index < -0.39 is 0 Å². The molecule has 0 radical (unpaired) electrons. The summed E-state index contributed by atoms with van der Waals surface area (Å²) in [4.78, 5) is 2.16. The van der Waals surface area contributed by atoms with E-state index in [1.807, 2.05) is 22.9 Å². The highest BCUT2D eigenvalue weighted by atomic mass is 16.5. The highest BCUT2D eigenvalue weighted by molar-refractivity contribution is 5.84. The van der Waals surface area contributed by atoms with Gasteiger partial charge < -0.3 is 9.64 Å². The zero-order valence-electron chi connectivity index (χ0n) is 13.8. The number of benzene rings is 2. The van der Waals surface area contributed by atoms with Gasteiger partial charge in [0.25, 0.3) is 0 Å². The molecule has 0 spiro atoms. The normalized spacial score (nSPS) is 10.8. The molecule has 0 aliphatic heterocycles. The summed E-state index contributed by atoms with van der Waals surface area (Å²) in [6, 6.07) is 18.6. The van der Waals surface area contributed by atoms with Gasteiger partial charge in [0.05, 0.1) is 24.1 Å². The molecule has 1 heterocycles. The number of hydrogen-bond acceptors (Lipinski definition) is 3. The van der Waals surface area contributed by atoms with Crippen molar-refractivity contribution >= 4 is 10.9 Å². The monoisotopic (exact) mass is 325 g/mol. The molecule has 24 heavy (non-hydrogen) atoms. The van der Waals surface area contributed by atoms with Crippen molar-refractivity contribution < 1.29 is 4.74 Å². The molecule has 1 aromatic heterocycles. The van der Waals surface area contributed by atoms with E-state index in [-0.39, 0.29) is 7.43 Å². The molecule has 0 saturated carbocycles. The Morgan fingerprint density at radius 2 is 1.71 bits per heavy atom. The minimum Gasteiger partial charge on any atom is -0.476 e. The molecule has 4 heteroatoms. The summed E-state index contributed by atoms with van der Waals surface area (Å²) in [5.41, 5.74) is 2.35. The van der Waals surface area contributed by atoms with Gasteiger partial charge in [-0.2, -0.15) is 0 Å². The first-order valence-electron chi connectivity index (χ1n) is 8.01. The molecule has 0 aliphatic rings. The zero-order chi connectivity index (χ0) is 16.1. The predicted octanol–water partition coefficient (Wildman–Crippen LogP) is 4.05. The number of hydrogen-bond donors (Lipinski definition) is 0. The van der Waals surface area contributed by atoms with E-state index in [1.54, 1.807) is 0 Å². The number of aromatic nitrogens is 2. The number of fused-ring (bicyclic) bond motifs is 1. The first-order valence-corrected chi connectivity index (χ1v) is 8.01. The van der Waals surface area contributed by atoms with E-state index >= 15 is 0 Å². The van der Waals surface area contributed by atoms with Crippen LogP contribution in [0.25, 0.3) is 10.9 Å². The van der Waals surface area contributed by atoms with Gasteiger partial charge in [-0.05, 0) is 38.2 Å².